The maximum Gasteiger partial charge on any atom is 0.223 e. The van der Waals surface area contributed by atoms with Crippen LogP contribution in [-0.2, 0) is 11.3 Å². The normalized spacial score (nSPS) is 14.8. The van der Waals surface area contributed by atoms with Crippen molar-refractivity contribution in [1.82, 2.24) is 20.6 Å². The zero-order valence-corrected chi connectivity index (χ0v) is 9.15. The van der Waals surface area contributed by atoms with Gasteiger partial charge in [0.25, 0.3) is 0 Å². The van der Waals surface area contributed by atoms with Crippen molar-refractivity contribution in [2.45, 2.75) is 19.4 Å². The monoisotopic (exact) mass is 220 g/mol. The van der Waals surface area contributed by atoms with Crippen LogP contribution in [0.5, 0.6) is 0 Å². The number of hydrogen-bond donors (Lipinski definition) is 2. The van der Waals surface area contributed by atoms with Gasteiger partial charge < -0.3 is 10.6 Å². The van der Waals surface area contributed by atoms with E-state index in [4.69, 9.17) is 0 Å². The van der Waals surface area contributed by atoms with Crippen LogP contribution in [0.15, 0.2) is 18.6 Å². The average Bonchev–Trinajstić information content (AvgIpc) is 3.13. The molecule has 1 saturated carbocycles. The minimum absolute atomic E-state index is 0.198. The molecule has 1 fully saturated rings. The molecule has 0 radical (unpaired) electrons. The highest BCUT2D eigenvalue weighted by Crippen LogP contribution is 2.28. The molecule has 1 heterocycles. The van der Waals surface area contributed by atoms with Gasteiger partial charge >= 0.3 is 0 Å². The number of nitrogens with zero attached hydrogens (tertiary/aromatic N) is 2. The highest BCUT2D eigenvalue weighted by Gasteiger charge is 2.28. The van der Waals surface area contributed by atoms with Gasteiger partial charge in [-0.25, -0.2) is 9.97 Å². The Hall–Kier alpha value is -1.49. The molecule has 16 heavy (non-hydrogen) atoms. The molecule has 1 aliphatic carbocycles. The number of rotatable bonds is 6. The Morgan fingerprint density at radius 2 is 2.31 bits per heavy atom. The van der Waals surface area contributed by atoms with Crippen LogP contribution >= 0.6 is 0 Å². The van der Waals surface area contributed by atoms with Gasteiger partial charge in [-0.1, -0.05) is 0 Å². The molecule has 0 aliphatic heterocycles. The molecule has 0 unspecified atom stereocenters. The van der Waals surface area contributed by atoms with Crippen LogP contribution in [-0.4, -0.2) is 29.0 Å². The number of carbonyl (C=O) groups is 1. The molecule has 2 N–H and O–H groups in total. The van der Waals surface area contributed by atoms with Crippen LogP contribution in [0.4, 0.5) is 0 Å². The fraction of sp³-hybridized carbons (Fsp3) is 0.545. The third kappa shape index (κ3) is 3.58. The number of carbonyl (C=O) groups excluding carboxylic acids is 1. The largest absolute Gasteiger partial charge is 0.355 e. The fourth-order valence-corrected chi connectivity index (χ4v) is 1.40. The second-order valence-corrected chi connectivity index (χ2v) is 3.94. The van der Waals surface area contributed by atoms with Gasteiger partial charge in [-0.3, -0.25) is 4.79 Å². The van der Waals surface area contributed by atoms with Gasteiger partial charge in [0.1, 0.15) is 6.33 Å². The lowest BCUT2D eigenvalue weighted by molar-refractivity contribution is -0.122. The first kappa shape index (κ1) is 11.0. The van der Waals surface area contributed by atoms with Crippen molar-refractivity contribution in [2.75, 3.05) is 13.1 Å². The van der Waals surface area contributed by atoms with Crippen LogP contribution in [0.3, 0.4) is 0 Å². The smallest absolute Gasteiger partial charge is 0.223 e. The van der Waals surface area contributed by atoms with E-state index in [1.165, 1.54) is 6.33 Å². The maximum atomic E-state index is 11.3. The Morgan fingerprint density at radius 3 is 3.00 bits per heavy atom. The van der Waals surface area contributed by atoms with Gasteiger partial charge in [-0.05, 0) is 18.9 Å². The molecule has 1 aromatic rings. The predicted molar refractivity (Wildman–Crippen MR) is 59.5 cm³/mol. The van der Waals surface area contributed by atoms with Gasteiger partial charge in [-0.15, -0.1) is 0 Å². The summed E-state index contributed by atoms with van der Waals surface area (Å²) < 4.78 is 0. The van der Waals surface area contributed by atoms with Crippen molar-refractivity contribution in [1.29, 1.82) is 0 Å². The average molecular weight is 220 g/mol. The van der Waals surface area contributed by atoms with Crippen molar-refractivity contribution in [2.24, 2.45) is 5.92 Å². The van der Waals surface area contributed by atoms with Crippen molar-refractivity contribution in [3.05, 3.63) is 24.3 Å². The van der Waals surface area contributed by atoms with Crippen LogP contribution in [0, 0.1) is 5.92 Å². The summed E-state index contributed by atoms with van der Waals surface area (Å²) in [6.07, 6.45) is 5.37. The van der Waals surface area contributed by atoms with Gasteiger partial charge in [0.2, 0.25) is 5.91 Å². The summed E-state index contributed by atoms with van der Waals surface area (Å²) in [6.45, 7) is 2.16. The Kier molecular flexibility index (Phi) is 3.82. The van der Waals surface area contributed by atoms with Crippen molar-refractivity contribution in [3.8, 4) is 0 Å². The number of nitrogens with one attached hydrogen (secondary N) is 2. The predicted octanol–water partition coefficient (Wildman–Crippen LogP) is 0.0924. The maximum absolute atomic E-state index is 11.3. The van der Waals surface area contributed by atoms with Crippen LogP contribution in [0.2, 0.25) is 0 Å². The van der Waals surface area contributed by atoms with Gasteiger partial charge in [0, 0.05) is 31.7 Å². The first-order valence-corrected chi connectivity index (χ1v) is 5.59. The molecular weight excluding hydrogens is 204 g/mol. The van der Waals surface area contributed by atoms with Gasteiger partial charge in [0.05, 0.1) is 5.69 Å². The standard InChI is InChI=1S/C11H16N4O/c16-11(9-1-2-9)14-6-5-12-7-10-3-4-13-8-15-10/h3-4,8-9,12H,1-2,5-7H2,(H,14,16). The second-order valence-electron chi connectivity index (χ2n) is 3.94. The Balaban J connectivity index is 1.53. The lowest BCUT2D eigenvalue weighted by Crippen LogP contribution is -2.32. The molecule has 2 rings (SSSR count). The summed E-state index contributed by atoms with van der Waals surface area (Å²) in [7, 11) is 0. The molecule has 5 nitrogen and oxygen atoms in total. The molecule has 0 saturated heterocycles. The Bertz CT molecular complexity index is 337. The molecular formula is C11H16N4O. The third-order valence-electron chi connectivity index (χ3n) is 2.50. The van der Waals surface area contributed by atoms with Crippen LogP contribution < -0.4 is 10.6 Å². The minimum Gasteiger partial charge on any atom is -0.355 e. The minimum atomic E-state index is 0.198. The van der Waals surface area contributed by atoms with E-state index in [-0.39, 0.29) is 5.91 Å². The van der Waals surface area contributed by atoms with E-state index in [2.05, 4.69) is 20.6 Å². The molecule has 0 atom stereocenters. The van der Waals surface area contributed by atoms with Crippen LogP contribution in [0.1, 0.15) is 18.5 Å². The second kappa shape index (κ2) is 5.55. The van der Waals surface area contributed by atoms with E-state index < -0.39 is 0 Å². The lowest BCUT2D eigenvalue weighted by Gasteiger charge is -2.05. The Morgan fingerprint density at radius 1 is 1.44 bits per heavy atom. The molecule has 0 spiro atoms. The highest BCUT2D eigenvalue weighted by atomic mass is 16.2. The van der Waals surface area contributed by atoms with E-state index in [1.54, 1.807) is 6.20 Å². The van der Waals surface area contributed by atoms with Crippen molar-refractivity contribution >= 4 is 5.91 Å². The molecule has 0 bridgehead atoms. The molecule has 5 heteroatoms. The highest BCUT2D eigenvalue weighted by molar-refractivity contribution is 5.80. The molecule has 1 amide bonds. The van der Waals surface area contributed by atoms with E-state index in [0.717, 1.165) is 25.1 Å². The number of amides is 1. The van der Waals surface area contributed by atoms with Gasteiger partial charge in [0.15, 0.2) is 0 Å². The third-order valence-corrected chi connectivity index (χ3v) is 2.50. The quantitative estimate of drug-likeness (QED) is 0.667. The van der Waals surface area contributed by atoms with E-state index in [0.29, 0.717) is 19.0 Å². The SMILES string of the molecule is O=C(NCCNCc1ccncn1)C1CC1. The lowest BCUT2D eigenvalue weighted by atomic mass is 10.4. The van der Waals surface area contributed by atoms with E-state index in [9.17, 15) is 4.79 Å². The summed E-state index contributed by atoms with van der Waals surface area (Å²) >= 11 is 0. The van der Waals surface area contributed by atoms with Crippen molar-refractivity contribution in [3.63, 3.8) is 0 Å². The molecule has 0 aromatic carbocycles. The van der Waals surface area contributed by atoms with E-state index in [1.807, 2.05) is 6.07 Å². The summed E-state index contributed by atoms with van der Waals surface area (Å²) in [6, 6.07) is 1.87. The number of aromatic nitrogens is 2. The molecule has 1 aliphatic rings. The fourth-order valence-electron chi connectivity index (χ4n) is 1.40. The zero-order valence-electron chi connectivity index (χ0n) is 9.15. The topological polar surface area (TPSA) is 66.9 Å². The Labute approximate surface area is 94.7 Å². The zero-order chi connectivity index (χ0) is 11.2. The van der Waals surface area contributed by atoms with Crippen LogP contribution in [0.25, 0.3) is 0 Å². The molecule has 86 valence electrons. The van der Waals surface area contributed by atoms with E-state index >= 15 is 0 Å². The molecule has 1 aromatic heterocycles. The summed E-state index contributed by atoms with van der Waals surface area (Å²) in [5.41, 5.74) is 0.962. The first-order valence-electron chi connectivity index (χ1n) is 5.59. The van der Waals surface area contributed by atoms with Gasteiger partial charge in [-0.2, -0.15) is 0 Å². The summed E-state index contributed by atoms with van der Waals surface area (Å²) in [5.74, 6) is 0.491. The van der Waals surface area contributed by atoms with Crippen molar-refractivity contribution < 1.29 is 4.79 Å². The first-order chi connectivity index (χ1) is 7.86. The number of hydrogen-bond acceptors (Lipinski definition) is 4. The summed E-state index contributed by atoms with van der Waals surface area (Å²) in [5, 5.41) is 6.11. The summed E-state index contributed by atoms with van der Waals surface area (Å²) in [4.78, 5) is 19.2.